The van der Waals surface area contributed by atoms with Crippen molar-refractivity contribution in [1.29, 1.82) is 0 Å². The number of aryl methyl sites for hydroxylation is 2. The standard InChI is InChI=1S/C24H24ClN3O7S2/c1-5-32-24(31-4)28(22-20(25)14(3)35-27-22)37(29,30)21-16-7-6-8-26-23(16)36-19(21)11-15-10-18-17(9-13(15)2)33-12-34-18/h6-10,24H,5,11-12H2,1-4H3. The monoisotopic (exact) mass is 565 g/mol. The minimum Gasteiger partial charge on any atom is -0.454 e. The number of methoxy groups -OCH3 is 1. The Labute approximate surface area is 222 Å². The van der Waals surface area contributed by atoms with Crippen molar-refractivity contribution < 1.29 is 31.9 Å². The second-order valence-corrected chi connectivity index (χ2v) is 11.4. The molecule has 0 aliphatic carbocycles. The van der Waals surface area contributed by atoms with Gasteiger partial charge in [0.25, 0.3) is 16.4 Å². The highest BCUT2D eigenvalue weighted by Crippen LogP contribution is 2.42. The summed E-state index contributed by atoms with van der Waals surface area (Å²) in [4.78, 5) is 5.63. The largest absolute Gasteiger partial charge is 0.454 e. The summed E-state index contributed by atoms with van der Waals surface area (Å²) in [5, 5.41) is 4.43. The van der Waals surface area contributed by atoms with Crippen LogP contribution in [0.25, 0.3) is 10.2 Å². The number of hydrogen-bond acceptors (Lipinski definition) is 10. The fourth-order valence-electron chi connectivity index (χ4n) is 4.09. The lowest BCUT2D eigenvalue weighted by molar-refractivity contribution is -0.110. The molecule has 13 heteroatoms. The topological polar surface area (TPSA) is 113 Å². The number of rotatable bonds is 9. The van der Waals surface area contributed by atoms with E-state index in [4.69, 9.17) is 35.1 Å². The van der Waals surface area contributed by atoms with E-state index in [0.717, 1.165) is 15.4 Å². The van der Waals surface area contributed by atoms with Crippen molar-refractivity contribution in [3.8, 4) is 11.5 Å². The molecule has 4 aromatic rings. The first-order chi connectivity index (χ1) is 17.8. The van der Waals surface area contributed by atoms with Crippen LogP contribution in [0.5, 0.6) is 11.5 Å². The van der Waals surface area contributed by atoms with Gasteiger partial charge in [0.1, 0.15) is 14.7 Å². The predicted octanol–water partition coefficient (Wildman–Crippen LogP) is 5.04. The highest BCUT2D eigenvalue weighted by Gasteiger charge is 2.40. The Kier molecular flexibility index (Phi) is 7.03. The summed E-state index contributed by atoms with van der Waals surface area (Å²) in [6.07, 6.45) is 0.589. The summed E-state index contributed by atoms with van der Waals surface area (Å²) in [5.41, 5.74) is 1.83. The van der Waals surface area contributed by atoms with Crippen molar-refractivity contribution in [3.05, 3.63) is 57.2 Å². The molecule has 1 unspecified atom stereocenters. The van der Waals surface area contributed by atoms with Gasteiger partial charge in [0.2, 0.25) is 12.6 Å². The zero-order chi connectivity index (χ0) is 26.3. The maximum absolute atomic E-state index is 14.5. The molecule has 0 fully saturated rings. The van der Waals surface area contributed by atoms with Gasteiger partial charge >= 0.3 is 0 Å². The molecule has 0 spiro atoms. The van der Waals surface area contributed by atoms with E-state index in [1.165, 1.54) is 18.4 Å². The molecule has 0 radical (unpaired) electrons. The van der Waals surface area contributed by atoms with Crippen molar-refractivity contribution in [3.63, 3.8) is 0 Å². The van der Waals surface area contributed by atoms with Gasteiger partial charge in [-0.2, -0.15) is 4.31 Å². The minimum absolute atomic E-state index is 0.0381. The number of sulfonamides is 1. The second-order valence-electron chi connectivity index (χ2n) is 8.19. The fourth-order valence-corrected chi connectivity index (χ4v) is 7.59. The first-order valence-corrected chi connectivity index (χ1v) is 14.0. The molecule has 4 heterocycles. The van der Waals surface area contributed by atoms with Crippen LogP contribution in [0.15, 0.2) is 39.9 Å². The highest BCUT2D eigenvalue weighted by atomic mass is 35.5. The lowest BCUT2D eigenvalue weighted by Crippen LogP contribution is -2.44. The Balaban J connectivity index is 1.70. The Hall–Kier alpha value is -2.90. The highest BCUT2D eigenvalue weighted by molar-refractivity contribution is 7.93. The van der Waals surface area contributed by atoms with Gasteiger partial charge < -0.3 is 23.5 Å². The molecule has 5 rings (SSSR count). The first kappa shape index (κ1) is 25.7. The SMILES string of the molecule is CCOC(OC)N(c1noc(C)c1Cl)S(=O)(=O)c1c(Cc2cc3c(cc2C)OCO3)sc2ncccc12. The Morgan fingerprint density at radius 1 is 1.24 bits per heavy atom. The summed E-state index contributed by atoms with van der Waals surface area (Å²) >= 11 is 7.72. The van der Waals surface area contributed by atoms with Crippen LogP contribution in [0.2, 0.25) is 5.02 Å². The maximum Gasteiger partial charge on any atom is 0.271 e. The summed E-state index contributed by atoms with van der Waals surface area (Å²) in [7, 11) is -3.02. The van der Waals surface area contributed by atoms with Gasteiger partial charge in [0, 0.05) is 36.6 Å². The van der Waals surface area contributed by atoms with Gasteiger partial charge in [-0.15, -0.1) is 11.3 Å². The van der Waals surface area contributed by atoms with Crippen LogP contribution in [-0.4, -0.2) is 45.5 Å². The Bertz CT molecular complexity index is 1570. The molecule has 0 amide bonds. The quantitative estimate of drug-likeness (QED) is 0.258. The molecule has 1 aromatic carbocycles. The molecule has 0 bridgehead atoms. The fraction of sp³-hybridized carbons (Fsp3) is 0.333. The van der Waals surface area contributed by atoms with E-state index in [0.29, 0.717) is 33.0 Å². The van der Waals surface area contributed by atoms with Crippen LogP contribution < -0.4 is 13.8 Å². The van der Waals surface area contributed by atoms with E-state index < -0.39 is 16.4 Å². The molecular weight excluding hydrogens is 542 g/mol. The number of thiophene rings is 1. The number of fused-ring (bicyclic) bond motifs is 2. The van der Waals surface area contributed by atoms with Crippen LogP contribution >= 0.6 is 22.9 Å². The van der Waals surface area contributed by atoms with Crippen molar-refractivity contribution >= 4 is 49.0 Å². The van der Waals surface area contributed by atoms with E-state index >= 15 is 0 Å². The van der Waals surface area contributed by atoms with Crippen LogP contribution in [-0.2, 0) is 25.9 Å². The number of pyridine rings is 1. The van der Waals surface area contributed by atoms with Gasteiger partial charge in [-0.05, 0) is 56.2 Å². The average molecular weight is 566 g/mol. The Morgan fingerprint density at radius 2 is 2.00 bits per heavy atom. The normalized spacial score (nSPS) is 13.9. The van der Waals surface area contributed by atoms with Crippen molar-refractivity contribution in [2.24, 2.45) is 0 Å². The lowest BCUT2D eigenvalue weighted by Gasteiger charge is -2.29. The summed E-state index contributed by atoms with van der Waals surface area (Å²) in [5.74, 6) is 1.41. The van der Waals surface area contributed by atoms with Gasteiger partial charge in [-0.1, -0.05) is 16.8 Å². The molecule has 0 N–H and O–H groups in total. The molecular formula is C24H24ClN3O7S2. The molecule has 3 aromatic heterocycles. The summed E-state index contributed by atoms with van der Waals surface area (Å²) < 4.78 is 57.2. The van der Waals surface area contributed by atoms with E-state index in [-0.39, 0.29) is 34.9 Å². The van der Waals surface area contributed by atoms with Gasteiger partial charge in [-0.25, -0.2) is 13.4 Å². The van der Waals surface area contributed by atoms with Crippen LogP contribution in [0, 0.1) is 13.8 Å². The van der Waals surface area contributed by atoms with E-state index in [9.17, 15) is 8.42 Å². The van der Waals surface area contributed by atoms with Crippen LogP contribution in [0.4, 0.5) is 5.82 Å². The molecule has 196 valence electrons. The lowest BCUT2D eigenvalue weighted by atomic mass is 10.0. The molecule has 0 saturated heterocycles. The van der Waals surface area contributed by atoms with Crippen LogP contribution in [0.1, 0.15) is 28.7 Å². The molecule has 37 heavy (non-hydrogen) atoms. The summed E-state index contributed by atoms with van der Waals surface area (Å²) in [6, 6.07) is 7.17. The van der Waals surface area contributed by atoms with E-state index in [1.807, 2.05) is 19.1 Å². The van der Waals surface area contributed by atoms with Crippen molar-refractivity contribution in [1.82, 2.24) is 10.1 Å². The minimum atomic E-state index is -4.36. The third-order valence-electron chi connectivity index (χ3n) is 5.87. The number of anilines is 1. The van der Waals surface area contributed by atoms with Crippen molar-refractivity contribution in [2.75, 3.05) is 24.8 Å². The number of aromatic nitrogens is 2. The maximum atomic E-state index is 14.5. The third kappa shape index (κ3) is 4.53. The van der Waals surface area contributed by atoms with E-state index in [1.54, 1.807) is 32.2 Å². The smallest absolute Gasteiger partial charge is 0.271 e. The van der Waals surface area contributed by atoms with E-state index in [2.05, 4.69) is 10.1 Å². The van der Waals surface area contributed by atoms with Crippen LogP contribution in [0.3, 0.4) is 0 Å². The van der Waals surface area contributed by atoms with Gasteiger partial charge in [0.15, 0.2) is 17.3 Å². The summed E-state index contributed by atoms with van der Waals surface area (Å²) in [6.45, 7) is 5.58. The average Bonchev–Trinajstić information content (AvgIpc) is 3.57. The molecule has 10 nitrogen and oxygen atoms in total. The second kappa shape index (κ2) is 10.1. The zero-order valence-electron chi connectivity index (χ0n) is 20.5. The Morgan fingerprint density at radius 3 is 2.68 bits per heavy atom. The number of benzene rings is 1. The zero-order valence-corrected chi connectivity index (χ0v) is 22.9. The number of nitrogens with zero attached hydrogens (tertiary/aromatic N) is 3. The first-order valence-electron chi connectivity index (χ1n) is 11.3. The number of hydrogen-bond donors (Lipinski definition) is 0. The number of halogens is 1. The van der Waals surface area contributed by atoms with Gasteiger partial charge in [0.05, 0.1) is 0 Å². The molecule has 1 aliphatic rings. The third-order valence-corrected chi connectivity index (χ3v) is 9.40. The predicted molar refractivity (Wildman–Crippen MR) is 138 cm³/mol. The van der Waals surface area contributed by atoms with Crippen molar-refractivity contribution in [2.45, 2.75) is 38.5 Å². The molecule has 0 saturated carbocycles. The number of ether oxygens (including phenoxy) is 4. The molecule has 1 atom stereocenters. The molecule has 1 aliphatic heterocycles. The van der Waals surface area contributed by atoms with Gasteiger partial charge in [-0.3, -0.25) is 0 Å².